The van der Waals surface area contributed by atoms with Crippen LogP contribution in [0.25, 0.3) is 10.1 Å². The number of rotatable bonds is 10. The van der Waals surface area contributed by atoms with Crippen molar-refractivity contribution in [3.8, 4) is 17.2 Å². The Morgan fingerprint density at radius 1 is 1.02 bits per heavy atom. The van der Waals surface area contributed by atoms with Gasteiger partial charge in [0.2, 0.25) is 5.78 Å². The first-order valence-electron chi connectivity index (χ1n) is 15.1. The summed E-state index contributed by atoms with van der Waals surface area (Å²) in [6.45, 7) is 7.00. The van der Waals surface area contributed by atoms with Crippen molar-refractivity contribution in [1.29, 1.82) is 0 Å². The zero-order chi connectivity index (χ0) is 29.9. The summed E-state index contributed by atoms with van der Waals surface area (Å²) in [6, 6.07) is 16.4. The molecule has 8 heteroatoms. The molecule has 0 spiro atoms. The Hall–Kier alpha value is -3.33. The quantitative estimate of drug-likeness (QED) is 0.170. The molecular formula is C35H37F2NO4S. The van der Waals surface area contributed by atoms with Crippen LogP contribution in [0, 0.1) is 25.6 Å². The third-order valence-electron chi connectivity index (χ3n) is 8.46. The fourth-order valence-corrected chi connectivity index (χ4v) is 7.31. The van der Waals surface area contributed by atoms with Gasteiger partial charge in [-0.1, -0.05) is 6.07 Å². The standard InChI is InChI=1S/C35H37F2NO4S/c1-22-17-26(37)18-23(2)32(22)33(39)35-34(29-11-6-25(19-31(29)43-35)30-5-3-4-15-41-30)42-28-9-7-27(8-10-28)40-16-14-38-13-12-24(20-36)21-38/h6-11,17-19,24,30H,3-5,12-16,20-21H2,1-2H3. The lowest BCUT2D eigenvalue weighted by Gasteiger charge is -2.22. The number of fused-ring (bicyclic) bond motifs is 1. The molecule has 4 aromatic rings. The van der Waals surface area contributed by atoms with Crippen LogP contribution in [0.1, 0.15) is 63.7 Å². The van der Waals surface area contributed by atoms with Crippen LogP contribution in [0.15, 0.2) is 54.6 Å². The van der Waals surface area contributed by atoms with Crippen LogP contribution in [-0.2, 0) is 4.74 Å². The van der Waals surface area contributed by atoms with E-state index < -0.39 is 0 Å². The van der Waals surface area contributed by atoms with Gasteiger partial charge >= 0.3 is 0 Å². The molecule has 2 aliphatic heterocycles. The monoisotopic (exact) mass is 605 g/mol. The van der Waals surface area contributed by atoms with Gasteiger partial charge in [-0.3, -0.25) is 14.1 Å². The number of halogens is 2. The first-order chi connectivity index (χ1) is 20.9. The first-order valence-corrected chi connectivity index (χ1v) is 15.9. The Morgan fingerprint density at radius 2 is 1.79 bits per heavy atom. The minimum atomic E-state index is -0.358. The molecule has 0 saturated carbocycles. The van der Waals surface area contributed by atoms with Gasteiger partial charge in [-0.25, -0.2) is 4.39 Å². The Morgan fingerprint density at radius 3 is 2.49 bits per heavy atom. The molecule has 3 heterocycles. The van der Waals surface area contributed by atoms with Crippen LogP contribution in [0.4, 0.5) is 8.78 Å². The number of ether oxygens (including phenoxy) is 3. The Labute approximate surface area is 255 Å². The highest BCUT2D eigenvalue weighted by atomic mass is 32.1. The molecule has 5 nitrogen and oxygen atoms in total. The maximum Gasteiger partial charge on any atom is 0.207 e. The number of carbonyl (C=O) groups is 1. The van der Waals surface area contributed by atoms with Crippen LogP contribution in [-0.4, -0.2) is 50.2 Å². The van der Waals surface area contributed by atoms with E-state index in [4.69, 9.17) is 14.2 Å². The SMILES string of the molecule is Cc1cc(F)cc(C)c1C(=O)c1sc2cc(C3CCCCO3)ccc2c1Oc1ccc(OCCN2CCC(CF)C2)cc1. The Balaban J connectivity index is 1.26. The number of hydrogen-bond acceptors (Lipinski definition) is 6. The van der Waals surface area contributed by atoms with Gasteiger partial charge in [0.05, 0.1) is 12.8 Å². The van der Waals surface area contributed by atoms with E-state index >= 15 is 0 Å². The van der Waals surface area contributed by atoms with Crippen molar-refractivity contribution in [1.82, 2.24) is 4.90 Å². The van der Waals surface area contributed by atoms with Crippen molar-refractivity contribution in [3.63, 3.8) is 0 Å². The molecule has 43 heavy (non-hydrogen) atoms. The predicted octanol–water partition coefficient (Wildman–Crippen LogP) is 8.59. The van der Waals surface area contributed by atoms with E-state index in [-0.39, 0.29) is 30.3 Å². The average molecular weight is 606 g/mol. The van der Waals surface area contributed by atoms with Gasteiger partial charge in [0, 0.05) is 41.3 Å². The summed E-state index contributed by atoms with van der Waals surface area (Å²) in [4.78, 5) is 16.7. The molecule has 0 aliphatic carbocycles. The molecule has 2 fully saturated rings. The number of nitrogens with zero attached hydrogens (tertiary/aromatic N) is 1. The molecule has 3 aromatic carbocycles. The number of aryl methyl sites for hydroxylation is 2. The third-order valence-corrected chi connectivity index (χ3v) is 9.59. The highest BCUT2D eigenvalue weighted by Crippen LogP contribution is 2.44. The normalized spacial score (nSPS) is 19.2. The molecule has 0 bridgehead atoms. The molecule has 2 saturated heterocycles. The molecule has 0 amide bonds. The van der Waals surface area contributed by atoms with Crippen molar-refractivity contribution < 1.29 is 27.8 Å². The molecule has 0 N–H and O–H groups in total. The number of carbonyl (C=O) groups excluding carboxylic acids is 1. The smallest absolute Gasteiger partial charge is 0.207 e. The zero-order valence-corrected chi connectivity index (χ0v) is 25.5. The second kappa shape index (κ2) is 13.1. The van der Waals surface area contributed by atoms with Gasteiger partial charge in [-0.15, -0.1) is 11.3 Å². The van der Waals surface area contributed by atoms with Crippen molar-refractivity contribution in [2.24, 2.45) is 5.92 Å². The molecule has 1 aromatic heterocycles. The second-order valence-corrected chi connectivity index (χ2v) is 12.7. The van der Waals surface area contributed by atoms with E-state index in [1.807, 2.05) is 30.3 Å². The van der Waals surface area contributed by atoms with Crippen LogP contribution in [0.3, 0.4) is 0 Å². The third kappa shape index (κ3) is 6.61. The lowest BCUT2D eigenvalue weighted by Crippen LogP contribution is -2.26. The Bertz CT molecular complexity index is 1570. The van der Waals surface area contributed by atoms with Crippen molar-refractivity contribution in [3.05, 3.63) is 87.5 Å². The zero-order valence-electron chi connectivity index (χ0n) is 24.7. The summed E-state index contributed by atoms with van der Waals surface area (Å²) < 4.78 is 46.3. The van der Waals surface area contributed by atoms with Crippen molar-refractivity contribution >= 4 is 27.2 Å². The molecule has 0 radical (unpaired) electrons. The number of hydrogen-bond donors (Lipinski definition) is 0. The molecule has 226 valence electrons. The van der Waals surface area contributed by atoms with Crippen LogP contribution in [0.5, 0.6) is 17.2 Å². The Kier molecular flexibility index (Phi) is 9.07. The van der Waals surface area contributed by atoms with E-state index in [9.17, 15) is 13.6 Å². The van der Waals surface area contributed by atoms with Gasteiger partial charge in [-0.2, -0.15) is 0 Å². The maximum atomic E-state index is 14.1. The number of benzene rings is 3. The number of likely N-dealkylation sites (tertiary alicyclic amines) is 1. The summed E-state index contributed by atoms with van der Waals surface area (Å²) in [5.41, 5.74) is 2.78. The molecule has 2 atom stereocenters. The summed E-state index contributed by atoms with van der Waals surface area (Å²) >= 11 is 1.40. The maximum absolute atomic E-state index is 14.1. The highest BCUT2D eigenvalue weighted by Gasteiger charge is 2.26. The summed E-state index contributed by atoms with van der Waals surface area (Å²) in [7, 11) is 0. The highest BCUT2D eigenvalue weighted by molar-refractivity contribution is 7.21. The van der Waals surface area contributed by atoms with E-state index in [0.29, 0.717) is 39.7 Å². The van der Waals surface area contributed by atoms with Crippen LogP contribution in [0.2, 0.25) is 0 Å². The first kappa shape index (κ1) is 29.7. The second-order valence-electron chi connectivity index (χ2n) is 11.6. The number of ketones is 1. The fourth-order valence-electron chi connectivity index (χ4n) is 6.18. The van der Waals surface area contributed by atoms with Crippen molar-refractivity contribution in [2.45, 2.75) is 45.6 Å². The van der Waals surface area contributed by atoms with Gasteiger partial charge in [-0.05, 0) is 111 Å². The number of alkyl halides is 1. The van der Waals surface area contributed by atoms with Gasteiger partial charge in [0.25, 0.3) is 0 Å². The van der Waals surface area contributed by atoms with Crippen LogP contribution >= 0.6 is 11.3 Å². The topological polar surface area (TPSA) is 48.0 Å². The molecular weight excluding hydrogens is 568 g/mol. The number of thiophene rings is 1. The van der Waals surface area contributed by atoms with E-state index in [1.54, 1.807) is 13.8 Å². The van der Waals surface area contributed by atoms with Gasteiger partial charge < -0.3 is 14.2 Å². The minimum Gasteiger partial charge on any atom is -0.492 e. The lowest BCUT2D eigenvalue weighted by molar-refractivity contribution is 0.0150. The molecule has 2 unspecified atom stereocenters. The van der Waals surface area contributed by atoms with Crippen molar-refractivity contribution in [2.75, 3.05) is 39.5 Å². The minimum absolute atomic E-state index is 0.0495. The van der Waals surface area contributed by atoms with E-state index in [2.05, 4.69) is 17.0 Å². The lowest BCUT2D eigenvalue weighted by atomic mass is 9.97. The van der Waals surface area contributed by atoms with Crippen LogP contribution < -0.4 is 9.47 Å². The largest absolute Gasteiger partial charge is 0.492 e. The fraction of sp³-hybridized carbons (Fsp3) is 0.400. The van der Waals surface area contributed by atoms with E-state index in [1.165, 1.54) is 23.5 Å². The molecule has 2 aliphatic rings. The van der Waals surface area contributed by atoms with Gasteiger partial charge in [0.15, 0.2) is 5.75 Å². The van der Waals surface area contributed by atoms with E-state index in [0.717, 1.165) is 73.3 Å². The summed E-state index contributed by atoms with van der Waals surface area (Å²) in [5.74, 6) is 1.40. The average Bonchev–Trinajstić information content (AvgIpc) is 3.62. The summed E-state index contributed by atoms with van der Waals surface area (Å²) in [5, 5.41) is 0.850. The molecule has 6 rings (SSSR count). The summed E-state index contributed by atoms with van der Waals surface area (Å²) in [6.07, 6.45) is 4.14. The van der Waals surface area contributed by atoms with Gasteiger partial charge in [0.1, 0.15) is 28.8 Å². The predicted molar refractivity (Wildman–Crippen MR) is 166 cm³/mol.